The van der Waals surface area contributed by atoms with Crippen molar-refractivity contribution in [1.29, 1.82) is 0 Å². The number of rotatable bonds is 8. The summed E-state index contributed by atoms with van der Waals surface area (Å²) in [6.45, 7) is -0.855. The normalized spacial score (nSPS) is 9.80. The van der Waals surface area contributed by atoms with Gasteiger partial charge in [-0.05, 0) is 12.1 Å². The van der Waals surface area contributed by atoms with Gasteiger partial charge in [-0.2, -0.15) is 0 Å². The van der Waals surface area contributed by atoms with Crippen molar-refractivity contribution in [3.05, 3.63) is 44.5 Å². The molecule has 0 amide bonds. The Balaban J connectivity index is 2.28. The average molecular weight is 286 g/mol. The molecule has 20 heavy (non-hydrogen) atoms. The van der Waals surface area contributed by atoms with Gasteiger partial charge in [0.15, 0.2) is 0 Å². The van der Waals surface area contributed by atoms with Gasteiger partial charge in [0.2, 0.25) is 0 Å². The molecule has 108 valence electrons. The second-order valence-electron chi connectivity index (χ2n) is 3.33. The van der Waals surface area contributed by atoms with Crippen molar-refractivity contribution in [2.75, 3.05) is 19.8 Å². The van der Waals surface area contributed by atoms with Crippen LogP contribution in [0.15, 0.2) is 24.3 Å². The number of benzene rings is 1. The molecule has 0 aliphatic heterocycles. The van der Waals surface area contributed by atoms with E-state index in [9.17, 15) is 25.0 Å². The fraction of sp³-hybridized carbons (Fsp3) is 0.300. The van der Waals surface area contributed by atoms with Crippen LogP contribution in [0.3, 0.4) is 0 Å². The minimum atomic E-state index is -0.974. The van der Waals surface area contributed by atoms with Crippen LogP contribution in [0.25, 0.3) is 0 Å². The Bertz CT molecular complexity index is 487. The molecule has 0 aliphatic carbocycles. The van der Waals surface area contributed by atoms with Crippen LogP contribution < -0.4 is 4.74 Å². The Morgan fingerprint density at radius 2 is 1.75 bits per heavy atom. The van der Waals surface area contributed by atoms with Crippen LogP contribution in [0.2, 0.25) is 0 Å². The predicted molar refractivity (Wildman–Crippen MR) is 62.5 cm³/mol. The van der Waals surface area contributed by atoms with Gasteiger partial charge in [0, 0.05) is 12.1 Å². The molecule has 1 aromatic carbocycles. The Labute approximate surface area is 112 Å². The zero-order valence-electron chi connectivity index (χ0n) is 10.1. The highest BCUT2D eigenvalue weighted by Gasteiger charge is 2.08. The predicted octanol–water partition coefficient (Wildman–Crippen LogP) is 0.725. The average Bonchev–Trinajstić information content (AvgIpc) is 2.38. The fourth-order valence-electron chi connectivity index (χ4n) is 1.12. The highest BCUT2D eigenvalue weighted by molar-refractivity contribution is 5.73. The van der Waals surface area contributed by atoms with E-state index in [0.717, 1.165) is 0 Å². The van der Waals surface area contributed by atoms with Gasteiger partial charge >= 0.3 is 5.97 Å². The molecule has 1 rings (SSSR count). The van der Waals surface area contributed by atoms with Crippen LogP contribution in [0.4, 0.5) is 5.69 Å². The first kappa shape index (κ1) is 15.3. The number of non-ortho nitro benzene ring substituents is 1. The number of carbonyl (C=O) groups is 1. The fourth-order valence-corrected chi connectivity index (χ4v) is 1.12. The van der Waals surface area contributed by atoms with E-state index in [4.69, 9.17) is 9.47 Å². The standard InChI is InChI=1S/C10H10N2O8/c13-10(7-18-5-6-19-12(16)17)20-9-3-1-8(2-4-9)11(14)15/h1-4H,5-7H2. The summed E-state index contributed by atoms with van der Waals surface area (Å²) in [5.41, 5.74) is -0.127. The quantitative estimate of drug-likeness (QED) is 0.224. The van der Waals surface area contributed by atoms with Crippen LogP contribution in [-0.2, 0) is 14.4 Å². The van der Waals surface area contributed by atoms with E-state index in [1.54, 1.807) is 0 Å². The molecule has 0 fully saturated rings. The maximum absolute atomic E-state index is 11.3. The maximum Gasteiger partial charge on any atom is 0.337 e. The highest BCUT2D eigenvalue weighted by Crippen LogP contribution is 2.17. The highest BCUT2D eigenvalue weighted by atomic mass is 17.0. The summed E-state index contributed by atoms with van der Waals surface area (Å²) in [4.78, 5) is 34.9. The zero-order chi connectivity index (χ0) is 15.0. The summed E-state index contributed by atoms with van der Waals surface area (Å²) < 4.78 is 9.58. The molecule has 10 nitrogen and oxygen atoms in total. The lowest BCUT2D eigenvalue weighted by Crippen LogP contribution is -2.18. The van der Waals surface area contributed by atoms with Crippen LogP contribution in [-0.4, -0.2) is 35.8 Å². The number of nitrogens with zero attached hydrogens (tertiary/aromatic N) is 2. The Morgan fingerprint density at radius 3 is 2.30 bits per heavy atom. The van der Waals surface area contributed by atoms with Gasteiger partial charge in [-0.1, -0.05) is 0 Å². The molecule has 0 unspecified atom stereocenters. The summed E-state index contributed by atoms with van der Waals surface area (Å²) >= 11 is 0. The van der Waals surface area contributed by atoms with Gasteiger partial charge < -0.3 is 14.3 Å². The third kappa shape index (κ3) is 5.73. The number of nitro benzene ring substituents is 1. The first-order chi connectivity index (χ1) is 9.49. The Hall–Kier alpha value is -2.75. The van der Waals surface area contributed by atoms with Gasteiger partial charge in [0.05, 0.1) is 11.5 Å². The molecule has 0 saturated heterocycles. The lowest BCUT2D eigenvalue weighted by Gasteiger charge is -2.04. The van der Waals surface area contributed by atoms with Crippen LogP contribution >= 0.6 is 0 Å². The van der Waals surface area contributed by atoms with Crippen molar-refractivity contribution < 1.29 is 29.1 Å². The second-order valence-corrected chi connectivity index (χ2v) is 3.33. The number of ether oxygens (including phenoxy) is 2. The lowest BCUT2D eigenvalue weighted by atomic mass is 10.3. The molecule has 0 heterocycles. The van der Waals surface area contributed by atoms with E-state index in [1.807, 2.05) is 0 Å². The smallest absolute Gasteiger partial charge is 0.337 e. The zero-order valence-corrected chi connectivity index (χ0v) is 10.1. The number of hydrogen-bond donors (Lipinski definition) is 0. The van der Waals surface area contributed by atoms with Crippen molar-refractivity contribution in [1.82, 2.24) is 0 Å². The van der Waals surface area contributed by atoms with Crippen molar-refractivity contribution in [2.45, 2.75) is 0 Å². The molecule has 10 heteroatoms. The second kappa shape index (κ2) is 7.63. The number of esters is 1. The monoisotopic (exact) mass is 286 g/mol. The minimum Gasteiger partial charge on any atom is -0.425 e. The molecular weight excluding hydrogens is 276 g/mol. The van der Waals surface area contributed by atoms with Gasteiger partial charge in [0.1, 0.15) is 19.0 Å². The molecule has 0 spiro atoms. The van der Waals surface area contributed by atoms with Gasteiger partial charge in [-0.3, -0.25) is 10.1 Å². The molecule has 0 atom stereocenters. The summed E-state index contributed by atoms with van der Waals surface area (Å²) in [6.07, 6.45) is 0. The third-order valence-corrected chi connectivity index (χ3v) is 1.92. The maximum atomic E-state index is 11.3. The third-order valence-electron chi connectivity index (χ3n) is 1.92. The van der Waals surface area contributed by atoms with Crippen LogP contribution in [0.1, 0.15) is 0 Å². The molecule has 1 aromatic rings. The number of hydrogen-bond acceptors (Lipinski definition) is 8. The Kier molecular flexibility index (Phi) is 5.84. The number of nitro groups is 1. The summed E-state index contributed by atoms with van der Waals surface area (Å²) in [6, 6.07) is 4.92. The largest absolute Gasteiger partial charge is 0.425 e. The first-order valence-electron chi connectivity index (χ1n) is 5.29. The molecule has 0 aromatic heterocycles. The van der Waals surface area contributed by atoms with Crippen molar-refractivity contribution >= 4 is 11.7 Å². The van der Waals surface area contributed by atoms with E-state index in [-0.39, 0.29) is 24.7 Å². The van der Waals surface area contributed by atoms with E-state index < -0.39 is 22.6 Å². The van der Waals surface area contributed by atoms with E-state index in [1.165, 1.54) is 24.3 Å². The number of carbonyl (C=O) groups excluding carboxylic acids is 1. The minimum absolute atomic E-state index is 0.127. The lowest BCUT2D eigenvalue weighted by molar-refractivity contribution is -0.758. The van der Waals surface area contributed by atoms with Gasteiger partial charge in [-0.15, -0.1) is 10.1 Å². The molecule has 0 bridgehead atoms. The molecule has 0 radical (unpaired) electrons. The molecular formula is C10H10N2O8. The summed E-state index contributed by atoms with van der Waals surface area (Å²) in [5.74, 6) is -0.606. The van der Waals surface area contributed by atoms with E-state index in [0.29, 0.717) is 0 Å². The van der Waals surface area contributed by atoms with Crippen LogP contribution in [0.5, 0.6) is 5.75 Å². The molecule has 0 aliphatic rings. The van der Waals surface area contributed by atoms with Crippen molar-refractivity contribution in [2.24, 2.45) is 0 Å². The van der Waals surface area contributed by atoms with Crippen molar-refractivity contribution in [3.63, 3.8) is 0 Å². The topological polar surface area (TPSA) is 131 Å². The van der Waals surface area contributed by atoms with E-state index >= 15 is 0 Å². The van der Waals surface area contributed by atoms with Crippen molar-refractivity contribution in [3.8, 4) is 5.75 Å². The first-order valence-corrected chi connectivity index (χ1v) is 5.29. The summed E-state index contributed by atoms with van der Waals surface area (Å²) in [5, 5.41) is 19.2. The van der Waals surface area contributed by atoms with Crippen LogP contribution in [0, 0.1) is 20.2 Å². The van der Waals surface area contributed by atoms with Gasteiger partial charge in [0.25, 0.3) is 10.8 Å². The van der Waals surface area contributed by atoms with E-state index in [2.05, 4.69) is 4.84 Å². The van der Waals surface area contributed by atoms with Gasteiger partial charge in [-0.25, -0.2) is 4.79 Å². The summed E-state index contributed by atoms with van der Waals surface area (Å²) in [7, 11) is 0. The molecule has 0 N–H and O–H groups in total. The SMILES string of the molecule is O=C(COCCO[N+](=O)[O-])Oc1ccc([N+](=O)[O-])cc1. The Morgan fingerprint density at radius 1 is 1.10 bits per heavy atom. The molecule has 0 saturated carbocycles.